The molecule has 0 saturated heterocycles. The smallest absolute Gasteiger partial charge is 0.192 e. The number of aliphatic hydroxyl groups excluding tert-OH is 1. The van der Waals surface area contributed by atoms with Gasteiger partial charge >= 0.3 is 0 Å². The maximum atomic E-state index is 11.0. The average Bonchev–Trinajstić information content (AvgIpc) is 2.65. The van der Waals surface area contributed by atoms with Crippen LogP contribution in [0.4, 0.5) is 0 Å². The predicted octanol–water partition coefficient (Wildman–Crippen LogP) is 5.75. The number of hydrogen-bond acceptors (Lipinski definition) is 3. The molecule has 160 valence electrons. The topological polar surface area (TPSA) is 38.7 Å². The zero-order valence-corrected chi connectivity index (χ0v) is 19.9. The van der Waals surface area contributed by atoms with E-state index >= 15 is 0 Å². The Morgan fingerprint density at radius 2 is 1.59 bits per heavy atom. The van der Waals surface area contributed by atoms with Gasteiger partial charge in [-0.05, 0) is 42.6 Å². The van der Waals surface area contributed by atoms with Crippen molar-refractivity contribution in [3.05, 3.63) is 71.3 Å². The van der Waals surface area contributed by atoms with Crippen molar-refractivity contribution < 1.29 is 14.3 Å². The van der Waals surface area contributed by atoms with Crippen LogP contribution in [0.2, 0.25) is 18.1 Å². The Bertz CT molecular complexity index is 737. The predicted molar refractivity (Wildman–Crippen MR) is 124 cm³/mol. The molecule has 0 bridgehead atoms. The average molecular weight is 415 g/mol. The number of ether oxygens (including phenoxy) is 1. The van der Waals surface area contributed by atoms with Gasteiger partial charge in [0.05, 0.1) is 25.9 Å². The first-order chi connectivity index (χ1) is 13.6. The molecule has 0 aromatic heterocycles. The number of aliphatic hydroxyl groups is 1. The van der Waals surface area contributed by atoms with Crippen LogP contribution in [0.25, 0.3) is 0 Å². The maximum absolute atomic E-state index is 11.0. The van der Waals surface area contributed by atoms with Gasteiger partial charge in [0.1, 0.15) is 0 Å². The van der Waals surface area contributed by atoms with Crippen molar-refractivity contribution in [1.82, 2.24) is 0 Å². The summed E-state index contributed by atoms with van der Waals surface area (Å²) >= 11 is 0. The monoisotopic (exact) mass is 414 g/mol. The summed E-state index contributed by atoms with van der Waals surface area (Å²) < 4.78 is 12.3. The lowest BCUT2D eigenvalue weighted by molar-refractivity contribution is -0.00258. The standard InChI is InChI=1S/C25H38O3Si/c1-20-11-10-14-22(15-20)16-23(18-27-17-21-12-8-7-9-13-21)24(26)19-28-29(5,6)25(2,3)4/h7-15,23-24,26H,16-19H2,1-6H3. The lowest BCUT2D eigenvalue weighted by Crippen LogP contribution is -2.44. The van der Waals surface area contributed by atoms with Gasteiger partial charge in [0.2, 0.25) is 0 Å². The van der Waals surface area contributed by atoms with Crippen LogP contribution in [0.3, 0.4) is 0 Å². The van der Waals surface area contributed by atoms with Gasteiger partial charge in [-0.15, -0.1) is 0 Å². The van der Waals surface area contributed by atoms with Gasteiger partial charge in [0.15, 0.2) is 8.32 Å². The number of aryl methyl sites for hydroxylation is 1. The molecule has 0 heterocycles. The zero-order chi connectivity index (χ0) is 21.5. The normalized spacial score (nSPS) is 14.6. The van der Waals surface area contributed by atoms with E-state index in [1.54, 1.807) is 0 Å². The zero-order valence-electron chi connectivity index (χ0n) is 18.9. The second-order valence-corrected chi connectivity index (χ2v) is 14.4. The molecule has 0 saturated carbocycles. The molecule has 0 aliphatic carbocycles. The molecule has 1 N–H and O–H groups in total. The first-order valence-electron chi connectivity index (χ1n) is 10.6. The summed E-state index contributed by atoms with van der Waals surface area (Å²) in [5.41, 5.74) is 3.61. The van der Waals surface area contributed by atoms with Crippen molar-refractivity contribution in [3.8, 4) is 0 Å². The molecular formula is C25H38O3Si. The minimum absolute atomic E-state index is 0.00900. The van der Waals surface area contributed by atoms with Gasteiger partial charge in [0, 0.05) is 5.92 Å². The van der Waals surface area contributed by atoms with Crippen LogP contribution in [0, 0.1) is 12.8 Å². The van der Waals surface area contributed by atoms with Crippen LogP contribution in [0.1, 0.15) is 37.5 Å². The Morgan fingerprint density at radius 1 is 0.931 bits per heavy atom. The molecule has 0 radical (unpaired) electrons. The summed E-state index contributed by atoms with van der Waals surface area (Å²) in [6, 6.07) is 18.7. The maximum Gasteiger partial charge on any atom is 0.192 e. The van der Waals surface area contributed by atoms with E-state index < -0.39 is 14.4 Å². The minimum atomic E-state index is -1.90. The third kappa shape index (κ3) is 7.70. The fraction of sp³-hybridized carbons (Fsp3) is 0.520. The van der Waals surface area contributed by atoms with Crippen LogP contribution >= 0.6 is 0 Å². The number of rotatable bonds is 10. The van der Waals surface area contributed by atoms with Gasteiger partial charge in [0.25, 0.3) is 0 Å². The highest BCUT2D eigenvalue weighted by Crippen LogP contribution is 2.36. The highest BCUT2D eigenvalue weighted by atomic mass is 28.4. The third-order valence-corrected chi connectivity index (χ3v) is 10.5. The van der Waals surface area contributed by atoms with Gasteiger partial charge < -0.3 is 14.3 Å². The second-order valence-electron chi connectivity index (χ2n) is 9.59. The molecule has 0 aliphatic rings. The number of benzene rings is 2. The Hall–Kier alpha value is -1.46. The summed E-state index contributed by atoms with van der Waals surface area (Å²) in [5.74, 6) is -0.00900. The van der Waals surface area contributed by atoms with Crippen LogP contribution < -0.4 is 0 Å². The van der Waals surface area contributed by atoms with E-state index in [1.807, 2.05) is 18.2 Å². The lowest BCUT2D eigenvalue weighted by Gasteiger charge is -2.37. The van der Waals surface area contributed by atoms with Crippen molar-refractivity contribution in [3.63, 3.8) is 0 Å². The van der Waals surface area contributed by atoms with Crippen LogP contribution in [-0.4, -0.2) is 32.7 Å². The van der Waals surface area contributed by atoms with E-state index in [1.165, 1.54) is 11.1 Å². The second kappa shape index (κ2) is 10.5. The van der Waals surface area contributed by atoms with Gasteiger partial charge in [-0.3, -0.25) is 0 Å². The van der Waals surface area contributed by atoms with Gasteiger partial charge in [-0.2, -0.15) is 0 Å². The quantitative estimate of drug-likeness (QED) is 0.503. The van der Waals surface area contributed by atoms with E-state index in [9.17, 15) is 5.11 Å². The molecule has 0 fully saturated rings. The molecule has 0 amide bonds. The van der Waals surface area contributed by atoms with E-state index in [2.05, 4.69) is 77.2 Å². The molecular weight excluding hydrogens is 376 g/mol. The Morgan fingerprint density at radius 3 is 2.21 bits per heavy atom. The molecule has 3 nitrogen and oxygen atoms in total. The Kier molecular flexibility index (Phi) is 8.65. The summed E-state index contributed by atoms with van der Waals surface area (Å²) in [4.78, 5) is 0. The summed E-state index contributed by atoms with van der Waals surface area (Å²) in [7, 11) is -1.90. The van der Waals surface area contributed by atoms with E-state index in [4.69, 9.17) is 9.16 Å². The first kappa shape index (κ1) is 23.8. The molecule has 2 aromatic carbocycles. The van der Waals surface area contributed by atoms with Crippen LogP contribution in [0.15, 0.2) is 54.6 Å². The molecule has 2 rings (SSSR count). The molecule has 29 heavy (non-hydrogen) atoms. The molecule has 2 aromatic rings. The van der Waals surface area contributed by atoms with E-state index in [-0.39, 0.29) is 11.0 Å². The fourth-order valence-corrected chi connectivity index (χ4v) is 4.02. The fourth-order valence-electron chi connectivity index (χ4n) is 3.00. The molecule has 2 atom stereocenters. The number of hydrogen-bond donors (Lipinski definition) is 1. The SMILES string of the molecule is Cc1cccc(CC(COCc2ccccc2)C(O)CO[Si](C)(C)C(C)(C)C)c1. The Balaban J connectivity index is 2.02. The lowest BCUT2D eigenvalue weighted by atomic mass is 9.94. The van der Waals surface area contributed by atoms with Crippen LogP contribution in [-0.2, 0) is 22.2 Å². The van der Waals surface area contributed by atoms with Crippen molar-refractivity contribution in [2.45, 2.75) is 65.0 Å². The molecule has 0 spiro atoms. The molecule has 2 unspecified atom stereocenters. The highest BCUT2D eigenvalue weighted by molar-refractivity contribution is 6.74. The largest absolute Gasteiger partial charge is 0.414 e. The highest BCUT2D eigenvalue weighted by Gasteiger charge is 2.38. The molecule has 4 heteroatoms. The Labute approximate surface area is 178 Å². The van der Waals surface area contributed by atoms with E-state index in [0.717, 1.165) is 12.0 Å². The summed E-state index contributed by atoms with van der Waals surface area (Å²) in [6.07, 6.45) is 0.221. The summed E-state index contributed by atoms with van der Waals surface area (Å²) in [6.45, 7) is 14.6. The van der Waals surface area contributed by atoms with Crippen molar-refractivity contribution >= 4 is 8.32 Å². The first-order valence-corrected chi connectivity index (χ1v) is 13.5. The minimum Gasteiger partial charge on any atom is -0.414 e. The van der Waals surface area contributed by atoms with Crippen molar-refractivity contribution in [1.29, 1.82) is 0 Å². The van der Waals surface area contributed by atoms with Crippen molar-refractivity contribution in [2.75, 3.05) is 13.2 Å². The van der Waals surface area contributed by atoms with Crippen molar-refractivity contribution in [2.24, 2.45) is 5.92 Å². The third-order valence-electron chi connectivity index (χ3n) is 5.99. The molecule has 0 aliphatic heterocycles. The van der Waals surface area contributed by atoms with Crippen LogP contribution in [0.5, 0.6) is 0 Å². The summed E-state index contributed by atoms with van der Waals surface area (Å²) in [5, 5.41) is 11.1. The van der Waals surface area contributed by atoms with Gasteiger partial charge in [-0.1, -0.05) is 80.9 Å². The van der Waals surface area contributed by atoms with E-state index in [0.29, 0.717) is 19.8 Å². The van der Waals surface area contributed by atoms with Gasteiger partial charge in [-0.25, -0.2) is 0 Å².